The minimum Gasteiger partial charge on any atom is -0.233 e. The lowest BCUT2D eigenvalue weighted by atomic mass is 9.70. The van der Waals surface area contributed by atoms with E-state index in [2.05, 4.69) is 72.0 Å². The maximum atomic E-state index is 2.61. The number of hydrogen-bond acceptors (Lipinski definition) is 1. The Hall–Kier alpha value is -0.0231. The van der Waals surface area contributed by atoms with Gasteiger partial charge in [0.1, 0.15) is 13.1 Å². The third-order valence-corrected chi connectivity index (χ3v) is 9.61. The topological polar surface area (TPSA) is 3.01 Å². The van der Waals surface area contributed by atoms with Crippen LogP contribution < -0.4 is 0 Å². The fraction of sp³-hybridized carbons (Fsp3) is 0.824. The number of rotatable bonds is 4. The van der Waals surface area contributed by atoms with Gasteiger partial charge in [-0.25, -0.2) is 4.58 Å². The highest BCUT2D eigenvalue weighted by Crippen LogP contribution is 2.63. The van der Waals surface area contributed by atoms with E-state index in [9.17, 15) is 0 Å². The molecule has 0 aromatic carbocycles. The molecule has 0 bridgehead atoms. The van der Waals surface area contributed by atoms with Gasteiger partial charge in [-0.1, -0.05) is 40.4 Å². The Morgan fingerprint density at radius 2 is 1.55 bits per heavy atom. The van der Waals surface area contributed by atoms with Crippen LogP contribution in [0.1, 0.15) is 41.5 Å². The first-order chi connectivity index (χ1) is 8.96. The van der Waals surface area contributed by atoms with Crippen molar-refractivity contribution in [1.82, 2.24) is 0 Å². The zero-order valence-electron chi connectivity index (χ0n) is 15.3. The molecule has 0 heterocycles. The second-order valence-electron chi connectivity index (χ2n) is 8.05. The van der Waals surface area contributed by atoms with E-state index in [-0.39, 0.29) is 5.41 Å². The van der Waals surface area contributed by atoms with Crippen LogP contribution in [0.15, 0.2) is 10.5 Å². The molecule has 1 unspecified atom stereocenters. The molecule has 0 amide bonds. The number of thioether (sulfide) groups is 1. The van der Waals surface area contributed by atoms with Crippen LogP contribution in [0.4, 0.5) is 0 Å². The monoisotopic (exact) mass is 312 g/mol. The van der Waals surface area contributed by atoms with E-state index in [4.69, 9.17) is 0 Å². The van der Waals surface area contributed by atoms with E-state index in [0.717, 1.165) is 13.1 Å². The molecular formula is C17H34NSSi+. The first kappa shape index (κ1) is 18.0. The number of allylic oxidation sites excluding steroid dienone is 2. The largest absolute Gasteiger partial charge is 0.233 e. The van der Waals surface area contributed by atoms with Crippen LogP contribution in [-0.4, -0.2) is 37.7 Å². The molecule has 3 heteroatoms. The third-order valence-electron chi connectivity index (χ3n) is 4.93. The van der Waals surface area contributed by atoms with Crippen LogP contribution in [0.5, 0.6) is 0 Å². The Labute approximate surface area is 131 Å². The van der Waals surface area contributed by atoms with Crippen molar-refractivity contribution in [1.29, 1.82) is 0 Å². The van der Waals surface area contributed by atoms with E-state index in [1.54, 1.807) is 16.2 Å². The molecule has 1 aliphatic rings. The molecule has 0 spiro atoms. The van der Waals surface area contributed by atoms with Gasteiger partial charge in [0.15, 0.2) is 5.71 Å². The van der Waals surface area contributed by atoms with Crippen molar-refractivity contribution in [2.45, 2.75) is 66.2 Å². The summed E-state index contributed by atoms with van der Waals surface area (Å²) < 4.78 is 2.61. The Kier molecular flexibility index (Phi) is 5.08. The minimum atomic E-state index is -1.32. The van der Waals surface area contributed by atoms with Gasteiger partial charge in [-0.2, -0.15) is 0 Å². The Morgan fingerprint density at radius 3 is 1.80 bits per heavy atom. The minimum absolute atomic E-state index is 0.245. The molecule has 1 aliphatic carbocycles. The summed E-state index contributed by atoms with van der Waals surface area (Å²) in [7, 11) is -1.32. The second-order valence-corrected chi connectivity index (χ2v) is 14.4. The van der Waals surface area contributed by atoms with Gasteiger partial charge in [0.2, 0.25) is 0 Å². The van der Waals surface area contributed by atoms with Crippen molar-refractivity contribution < 1.29 is 4.58 Å². The highest BCUT2D eigenvalue weighted by Gasteiger charge is 2.61. The van der Waals surface area contributed by atoms with Gasteiger partial charge in [0.05, 0.1) is 13.1 Å². The van der Waals surface area contributed by atoms with Crippen molar-refractivity contribution >= 4 is 25.5 Å². The molecule has 0 radical (unpaired) electrons. The smallest absolute Gasteiger partial charge is 0.188 e. The molecule has 1 atom stereocenters. The summed E-state index contributed by atoms with van der Waals surface area (Å²) in [4.78, 5) is 1.66. The van der Waals surface area contributed by atoms with Gasteiger partial charge in [-0.15, -0.1) is 11.8 Å². The summed E-state index contributed by atoms with van der Waals surface area (Å²) in [5, 5.41) is 0.320. The lowest BCUT2D eigenvalue weighted by Gasteiger charge is -2.52. The standard InChI is InChI=1S/C17H34NSSi/c1-11-18(12-2)14-13(16(3,4)5)15(19-7)17(14,6)20(8,9)10/h11-12H2,1-10H3/q+1. The molecule has 116 valence electrons. The fourth-order valence-corrected chi connectivity index (χ4v) is 7.50. The molecule has 20 heavy (non-hydrogen) atoms. The average molecular weight is 313 g/mol. The molecular weight excluding hydrogens is 278 g/mol. The Balaban J connectivity index is 3.70. The van der Waals surface area contributed by atoms with Crippen LogP contribution in [-0.2, 0) is 0 Å². The third kappa shape index (κ3) is 2.56. The van der Waals surface area contributed by atoms with Gasteiger partial charge in [0.25, 0.3) is 0 Å². The zero-order chi connectivity index (χ0) is 15.9. The van der Waals surface area contributed by atoms with E-state index < -0.39 is 8.07 Å². The van der Waals surface area contributed by atoms with Crippen LogP contribution in [0.3, 0.4) is 0 Å². The summed E-state index contributed by atoms with van der Waals surface area (Å²) in [6.07, 6.45) is 2.26. The highest BCUT2D eigenvalue weighted by atomic mass is 32.2. The second kappa shape index (κ2) is 5.64. The number of hydrogen-bond donors (Lipinski definition) is 0. The molecule has 0 aliphatic heterocycles. The van der Waals surface area contributed by atoms with Crippen molar-refractivity contribution in [2.75, 3.05) is 19.3 Å². The summed E-state index contributed by atoms with van der Waals surface area (Å²) >= 11 is 1.99. The normalized spacial score (nSPS) is 24.0. The van der Waals surface area contributed by atoms with Gasteiger partial charge in [-0.05, 0) is 32.4 Å². The van der Waals surface area contributed by atoms with E-state index in [1.807, 2.05) is 11.8 Å². The molecule has 0 aromatic heterocycles. The van der Waals surface area contributed by atoms with Crippen LogP contribution in [0, 0.1) is 5.41 Å². The molecule has 0 fully saturated rings. The van der Waals surface area contributed by atoms with Crippen LogP contribution in [0.2, 0.25) is 24.7 Å². The lowest BCUT2D eigenvalue weighted by Crippen LogP contribution is -2.56. The predicted octanol–water partition coefficient (Wildman–Crippen LogP) is 5.26. The van der Waals surface area contributed by atoms with Crippen molar-refractivity contribution in [3.8, 4) is 0 Å². The maximum Gasteiger partial charge on any atom is 0.188 e. The Morgan fingerprint density at radius 1 is 1.10 bits per heavy atom. The summed E-state index contributed by atoms with van der Waals surface area (Å²) in [6, 6.07) is 0. The molecule has 0 N–H and O–H groups in total. The predicted molar refractivity (Wildman–Crippen MR) is 98.1 cm³/mol. The molecule has 1 nitrogen and oxygen atoms in total. The van der Waals surface area contributed by atoms with Crippen LogP contribution >= 0.6 is 11.8 Å². The first-order valence-electron chi connectivity index (χ1n) is 7.88. The SMILES string of the molecule is CC[N+](CC)=C1C(C(C)(C)C)=C(SC)C1(C)[Si](C)(C)C. The average Bonchev–Trinajstić information content (AvgIpc) is 2.28. The summed E-state index contributed by atoms with van der Waals surface area (Å²) in [5.74, 6) is 0. The first-order valence-corrected chi connectivity index (χ1v) is 12.6. The van der Waals surface area contributed by atoms with Gasteiger partial charge in [0, 0.05) is 10.5 Å². The van der Waals surface area contributed by atoms with Gasteiger partial charge < -0.3 is 0 Å². The summed E-state index contributed by atoms with van der Waals surface area (Å²) in [5.41, 5.74) is 3.52. The molecule has 0 aromatic rings. The zero-order valence-corrected chi connectivity index (χ0v) is 17.1. The van der Waals surface area contributed by atoms with Crippen molar-refractivity contribution in [3.63, 3.8) is 0 Å². The fourth-order valence-electron chi connectivity index (χ4n) is 3.36. The molecule has 0 saturated carbocycles. The number of nitrogens with zero attached hydrogens (tertiary/aromatic N) is 1. The van der Waals surface area contributed by atoms with Gasteiger partial charge in [-0.3, -0.25) is 0 Å². The van der Waals surface area contributed by atoms with E-state index in [1.165, 1.54) is 0 Å². The van der Waals surface area contributed by atoms with Crippen molar-refractivity contribution in [2.24, 2.45) is 5.41 Å². The van der Waals surface area contributed by atoms with Crippen LogP contribution in [0.25, 0.3) is 0 Å². The quantitative estimate of drug-likeness (QED) is 0.506. The van der Waals surface area contributed by atoms with Gasteiger partial charge >= 0.3 is 0 Å². The molecule has 1 rings (SSSR count). The van der Waals surface area contributed by atoms with Crippen molar-refractivity contribution in [3.05, 3.63) is 10.5 Å². The maximum absolute atomic E-state index is 2.61. The van der Waals surface area contributed by atoms with E-state index in [0.29, 0.717) is 5.04 Å². The Bertz CT molecular complexity index is 443. The molecule has 0 saturated heterocycles. The lowest BCUT2D eigenvalue weighted by molar-refractivity contribution is -0.523. The summed E-state index contributed by atoms with van der Waals surface area (Å²) in [6.45, 7) is 24.0. The highest BCUT2D eigenvalue weighted by molar-refractivity contribution is 8.02. The van der Waals surface area contributed by atoms with E-state index >= 15 is 0 Å².